The number of rotatable bonds is 3. The smallest absolute Gasteiger partial charge is 0.227 e. The number of benzene rings is 1. The lowest BCUT2D eigenvalue weighted by molar-refractivity contribution is -0.131. The van der Waals surface area contributed by atoms with Gasteiger partial charge in [0.15, 0.2) is 0 Å². The van der Waals surface area contributed by atoms with E-state index in [1.54, 1.807) is 0 Å². The zero-order valence-corrected chi connectivity index (χ0v) is 12.2. The Labute approximate surface area is 119 Å². The number of amides is 1. The molecule has 1 amide bonds. The maximum Gasteiger partial charge on any atom is 0.227 e. The fraction of sp³-hybridized carbons (Fsp3) is 0.533. The van der Waals surface area contributed by atoms with E-state index in [1.165, 1.54) is 0 Å². The van der Waals surface area contributed by atoms with Gasteiger partial charge >= 0.3 is 0 Å². The average Bonchev–Trinajstić information content (AvgIpc) is 2.71. The third kappa shape index (κ3) is 2.77. The van der Waals surface area contributed by atoms with Gasteiger partial charge in [0.2, 0.25) is 5.91 Å². The summed E-state index contributed by atoms with van der Waals surface area (Å²) in [6.45, 7) is 3.91. The summed E-state index contributed by atoms with van der Waals surface area (Å²) in [6.07, 6.45) is 2.80. The van der Waals surface area contributed by atoms with E-state index < -0.39 is 5.41 Å². The van der Waals surface area contributed by atoms with Gasteiger partial charge in [-0.2, -0.15) is 0 Å². The van der Waals surface area contributed by atoms with Gasteiger partial charge in [0.05, 0.1) is 11.5 Å². The van der Waals surface area contributed by atoms with E-state index in [0.29, 0.717) is 5.02 Å². The Kier molecular flexibility index (Phi) is 4.16. The highest BCUT2D eigenvalue weighted by Crippen LogP contribution is 2.37. The van der Waals surface area contributed by atoms with Crippen molar-refractivity contribution in [3.05, 3.63) is 34.9 Å². The van der Waals surface area contributed by atoms with Crippen molar-refractivity contribution in [3.63, 3.8) is 0 Å². The summed E-state index contributed by atoms with van der Waals surface area (Å²) in [5.41, 5.74) is 6.56. The zero-order valence-electron chi connectivity index (χ0n) is 11.4. The van der Waals surface area contributed by atoms with Gasteiger partial charge in [-0.3, -0.25) is 4.79 Å². The largest absolute Gasteiger partial charge is 0.349 e. The Morgan fingerprint density at radius 2 is 2.21 bits per heavy atom. The second-order valence-electron chi connectivity index (χ2n) is 5.63. The average molecular weight is 281 g/mol. The molecule has 0 aromatic heterocycles. The molecule has 3 nitrogen and oxygen atoms in total. The number of hydrogen-bond acceptors (Lipinski definition) is 2. The van der Waals surface area contributed by atoms with E-state index in [1.807, 2.05) is 38.1 Å². The number of nitrogens with one attached hydrogen (secondary N) is 1. The summed E-state index contributed by atoms with van der Waals surface area (Å²) < 4.78 is 0. The first-order chi connectivity index (χ1) is 8.95. The van der Waals surface area contributed by atoms with Gasteiger partial charge in [0.1, 0.15) is 0 Å². The van der Waals surface area contributed by atoms with Crippen LogP contribution in [-0.4, -0.2) is 11.9 Å². The van der Waals surface area contributed by atoms with Crippen molar-refractivity contribution in [1.82, 2.24) is 5.32 Å². The molecule has 4 heteroatoms. The van der Waals surface area contributed by atoms with Crippen LogP contribution in [0.3, 0.4) is 0 Å². The van der Waals surface area contributed by atoms with Crippen LogP contribution in [0.4, 0.5) is 0 Å². The molecule has 1 aliphatic carbocycles. The fourth-order valence-corrected chi connectivity index (χ4v) is 3.04. The van der Waals surface area contributed by atoms with Gasteiger partial charge in [-0.1, -0.05) is 36.2 Å². The Morgan fingerprint density at radius 3 is 2.79 bits per heavy atom. The molecule has 0 saturated heterocycles. The van der Waals surface area contributed by atoms with Gasteiger partial charge in [0.25, 0.3) is 0 Å². The third-order valence-electron chi connectivity index (χ3n) is 4.27. The molecule has 0 radical (unpaired) electrons. The summed E-state index contributed by atoms with van der Waals surface area (Å²) in [6, 6.07) is 7.42. The molecule has 0 bridgehead atoms. The number of carbonyl (C=O) groups is 1. The Hall–Kier alpha value is -1.06. The third-order valence-corrected chi connectivity index (χ3v) is 4.61. The highest BCUT2D eigenvalue weighted by atomic mass is 35.5. The van der Waals surface area contributed by atoms with Crippen molar-refractivity contribution < 1.29 is 4.79 Å². The van der Waals surface area contributed by atoms with Crippen molar-refractivity contribution in [2.24, 2.45) is 11.1 Å². The second kappa shape index (κ2) is 5.51. The summed E-state index contributed by atoms with van der Waals surface area (Å²) in [5.74, 6) is 0.0323. The van der Waals surface area contributed by atoms with Crippen LogP contribution in [0.2, 0.25) is 5.02 Å². The van der Waals surface area contributed by atoms with E-state index in [0.717, 1.165) is 24.8 Å². The molecule has 0 aliphatic heterocycles. The minimum absolute atomic E-state index is 0.0323. The van der Waals surface area contributed by atoms with Crippen molar-refractivity contribution in [3.8, 4) is 0 Å². The van der Waals surface area contributed by atoms with Crippen LogP contribution in [0.25, 0.3) is 0 Å². The van der Waals surface area contributed by atoms with Gasteiger partial charge in [-0.15, -0.1) is 0 Å². The van der Waals surface area contributed by atoms with Crippen LogP contribution in [0.15, 0.2) is 24.3 Å². The minimum atomic E-state index is -0.449. The van der Waals surface area contributed by atoms with Crippen LogP contribution < -0.4 is 11.1 Å². The molecule has 3 N–H and O–H groups in total. The maximum atomic E-state index is 12.4. The Balaban J connectivity index is 2.09. The molecule has 19 heavy (non-hydrogen) atoms. The molecule has 1 aromatic carbocycles. The monoisotopic (exact) mass is 280 g/mol. The number of hydrogen-bond donors (Lipinski definition) is 2. The lowest BCUT2D eigenvalue weighted by atomic mass is 9.84. The van der Waals surface area contributed by atoms with E-state index in [-0.39, 0.29) is 18.0 Å². The molecule has 2 rings (SSSR count). The van der Waals surface area contributed by atoms with Crippen LogP contribution in [0.1, 0.15) is 44.7 Å². The molecular weight excluding hydrogens is 260 g/mol. The summed E-state index contributed by atoms with van der Waals surface area (Å²) >= 11 is 6.15. The van der Waals surface area contributed by atoms with Crippen molar-refractivity contribution in [1.29, 1.82) is 0 Å². The van der Waals surface area contributed by atoms with Crippen molar-refractivity contribution >= 4 is 17.5 Å². The van der Waals surface area contributed by atoms with Crippen molar-refractivity contribution in [2.45, 2.75) is 45.2 Å². The van der Waals surface area contributed by atoms with Crippen LogP contribution >= 0.6 is 11.6 Å². The molecule has 1 saturated carbocycles. The normalized spacial score (nSPS) is 28.1. The fourth-order valence-electron chi connectivity index (χ4n) is 2.74. The maximum absolute atomic E-state index is 12.4. The molecule has 1 aromatic rings. The van der Waals surface area contributed by atoms with E-state index in [2.05, 4.69) is 5.32 Å². The lowest BCUT2D eigenvalue weighted by Gasteiger charge is -2.29. The predicted molar refractivity (Wildman–Crippen MR) is 77.9 cm³/mol. The molecular formula is C15H21ClN2O. The molecule has 0 heterocycles. The SMILES string of the molecule is C[C@H](NC(=O)C1(C)CCCC1N)c1ccccc1Cl. The number of nitrogens with two attached hydrogens (primary N) is 1. The van der Waals surface area contributed by atoms with Gasteiger partial charge < -0.3 is 11.1 Å². The second-order valence-corrected chi connectivity index (χ2v) is 6.04. The van der Waals surface area contributed by atoms with Gasteiger partial charge in [-0.05, 0) is 38.3 Å². The van der Waals surface area contributed by atoms with Crippen LogP contribution in [0, 0.1) is 5.41 Å². The summed E-state index contributed by atoms with van der Waals surface area (Å²) in [7, 11) is 0. The standard InChI is InChI=1S/C15H21ClN2O/c1-10(11-6-3-4-7-12(11)16)18-14(19)15(2)9-5-8-13(15)17/h3-4,6-7,10,13H,5,8-9,17H2,1-2H3,(H,18,19)/t10-,13?,15?/m0/s1. The molecule has 2 unspecified atom stereocenters. The Bertz CT molecular complexity index is 477. The summed E-state index contributed by atoms with van der Waals surface area (Å²) in [4.78, 5) is 12.4. The molecule has 104 valence electrons. The van der Waals surface area contributed by atoms with Gasteiger partial charge in [-0.25, -0.2) is 0 Å². The first-order valence-electron chi connectivity index (χ1n) is 6.76. The van der Waals surface area contributed by atoms with E-state index in [4.69, 9.17) is 17.3 Å². The first-order valence-corrected chi connectivity index (χ1v) is 7.14. The number of halogens is 1. The molecule has 3 atom stereocenters. The van der Waals surface area contributed by atoms with Crippen molar-refractivity contribution in [2.75, 3.05) is 0 Å². The van der Waals surface area contributed by atoms with E-state index in [9.17, 15) is 4.79 Å². The quantitative estimate of drug-likeness (QED) is 0.894. The van der Waals surface area contributed by atoms with E-state index >= 15 is 0 Å². The van der Waals surface area contributed by atoms with Crippen LogP contribution in [-0.2, 0) is 4.79 Å². The Morgan fingerprint density at radius 1 is 1.53 bits per heavy atom. The number of carbonyl (C=O) groups excluding carboxylic acids is 1. The molecule has 1 fully saturated rings. The summed E-state index contributed by atoms with van der Waals surface area (Å²) in [5, 5.41) is 3.72. The highest BCUT2D eigenvalue weighted by Gasteiger charge is 2.43. The van der Waals surface area contributed by atoms with Gasteiger partial charge in [0, 0.05) is 11.1 Å². The molecule has 1 aliphatic rings. The first kappa shape index (κ1) is 14.4. The van der Waals surface area contributed by atoms with Crippen LogP contribution in [0.5, 0.6) is 0 Å². The highest BCUT2D eigenvalue weighted by molar-refractivity contribution is 6.31. The molecule has 0 spiro atoms. The predicted octanol–water partition coefficient (Wildman–Crippen LogP) is 3.03. The minimum Gasteiger partial charge on any atom is -0.349 e. The topological polar surface area (TPSA) is 55.1 Å². The zero-order chi connectivity index (χ0) is 14.0. The lowest BCUT2D eigenvalue weighted by Crippen LogP contribution is -2.47.